The van der Waals surface area contributed by atoms with Crippen molar-refractivity contribution < 1.29 is 4.74 Å². The lowest BCUT2D eigenvalue weighted by Gasteiger charge is -2.42. The highest BCUT2D eigenvalue weighted by Crippen LogP contribution is 2.36. The highest BCUT2D eigenvalue weighted by atomic mass is 127. The molecule has 0 spiro atoms. The van der Waals surface area contributed by atoms with Gasteiger partial charge in [-0.25, -0.2) is 0 Å². The first kappa shape index (κ1) is 25.3. The zero-order valence-electron chi connectivity index (χ0n) is 19.5. The minimum atomic E-state index is 0. The van der Waals surface area contributed by atoms with E-state index >= 15 is 0 Å². The average Bonchev–Trinajstić information content (AvgIpc) is 3.36. The first-order valence-electron chi connectivity index (χ1n) is 12.0. The summed E-state index contributed by atoms with van der Waals surface area (Å²) in [4.78, 5) is 9.49. The zero-order valence-corrected chi connectivity index (χ0v) is 21.9. The van der Waals surface area contributed by atoms with Crippen LogP contribution in [-0.2, 0) is 11.3 Å². The van der Waals surface area contributed by atoms with E-state index in [-0.39, 0.29) is 24.0 Å². The molecule has 0 amide bonds. The van der Waals surface area contributed by atoms with Crippen LogP contribution in [0.1, 0.15) is 37.7 Å². The van der Waals surface area contributed by atoms with Crippen molar-refractivity contribution in [1.29, 1.82) is 0 Å². The van der Waals surface area contributed by atoms with Crippen molar-refractivity contribution >= 4 is 35.6 Å². The predicted molar refractivity (Wildman–Crippen MR) is 144 cm³/mol. The van der Waals surface area contributed by atoms with Gasteiger partial charge in [0.2, 0.25) is 0 Å². The topological polar surface area (TPSA) is 52.1 Å². The second-order valence-electron chi connectivity index (χ2n) is 9.27. The van der Waals surface area contributed by atoms with Crippen molar-refractivity contribution in [1.82, 2.24) is 15.5 Å². The Bertz CT molecular complexity index is 748. The molecule has 0 aromatic heterocycles. The maximum atomic E-state index is 5.56. The van der Waals surface area contributed by atoms with E-state index in [2.05, 4.69) is 61.8 Å². The van der Waals surface area contributed by atoms with E-state index < -0.39 is 0 Å². The molecule has 2 aliphatic heterocycles. The van der Waals surface area contributed by atoms with Crippen LogP contribution in [0, 0.1) is 5.41 Å². The molecule has 4 rings (SSSR count). The molecule has 0 radical (unpaired) electrons. The predicted octanol–water partition coefficient (Wildman–Crippen LogP) is 3.63. The Morgan fingerprint density at radius 3 is 2.53 bits per heavy atom. The molecular weight excluding hydrogens is 513 g/mol. The molecule has 1 aliphatic carbocycles. The molecule has 2 heterocycles. The first-order chi connectivity index (χ1) is 15.3. The van der Waals surface area contributed by atoms with E-state index in [9.17, 15) is 0 Å². The average molecular weight is 554 g/mol. The monoisotopic (exact) mass is 553 g/mol. The largest absolute Gasteiger partial charge is 0.379 e. The van der Waals surface area contributed by atoms with Gasteiger partial charge in [0.25, 0.3) is 0 Å². The number of benzene rings is 1. The fourth-order valence-corrected chi connectivity index (χ4v) is 5.16. The van der Waals surface area contributed by atoms with Gasteiger partial charge in [-0.1, -0.05) is 43.5 Å². The minimum absolute atomic E-state index is 0. The Labute approximate surface area is 210 Å². The number of aliphatic imine (C=N–C) groups is 1. The fraction of sp³-hybridized carbons (Fsp3) is 0.640. The summed E-state index contributed by atoms with van der Waals surface area (Å²) in [5.74, 6) is 0.903. The van der Waals surface area contributed by atoms with Crippen molar-refractivity contribution in [2.45, 2.75) is 38.6 Å². The normalized spacial score (nSPS) is 21.3. The number of hydrogen-bond donors (Lipinski definition) is 2. The van der Waals surface area contributed by atoms with E-state index in [1.54, 1.807) is 0 Å². The highest BCUT2D eigenvalue weighted by Gasteiger charge is 2.34. The van der Waals surface area contributed by atoms with E-state index in [1.165, 1.54) is 49.9 Å². The molecule has 3 aliphatic rings. The Kier molecular flexibility index (Phi) is 10.1. The lowest BCUT2D eigenvalue weighted by Crippen LogP contribution is -2.51. The summed E-state index contributed by atoms with van der Waals surface area (Å²) in [5, 5.41) is 7.21. The summed E-state index contributed by atoms with van der Waals surface area (Å²) >= 11 is 0. The second-order valence-corrected chi connectivity index (χ2v) is 9.27. The minimum Gasteiger partial charge on any atom is -0.379 e. The smallest absolute Gasteiger partial charge is 0.191 e. The van der Waals surface area contributed by atoms with Crippen molar-refractivity contribution in [3.8, 4) is 0 Å². The molecule has 1 saturated carbocycles. The van der Waals surface area contributed by atoms with Gasteiger partial charge in [0.1, 0.15) is 0 Å². The van der Waals surface area contributed by atoms with Crippen LogP contribution in [0.5, 0.6) is 0 Å². The zero-order chi connectivity index (χ0) is 21.4. The molecule has 1 saturated heterocycles. The number of ether oxygens (including phenoxy) is 1. The van der Waals surface area contributed by atoms with Gasteiger partial charge in [0.05, 0.1) is 13.2 Å². The molecule has 1 aromatic rings. The van der Waals surface area contributed by atoms with Gasteiger partial charge in [0.15, 0.2) is 5.96 Å². The van der Waals surface area contributed by atoms with Gasteiger partial charge < -0.3 is 20.3 Å². The van der Waals surface area contributed by atoms with Crippen LogP contribution in [0.2, 0.25) is 0 Å². The molecule has 2 fully saturated rings. The van der Waals surface area contributed by atoms with Crippen molar-refractivity contribution in [2.75, 3.05) is 64.4 Å². The maximum absolute atomic E-state index is 5.56. The molecule has 0 unspecified atom stereocenters. The van der Waals surface area contributed by atoms with Crippen LogP contribution >= 0.6 is 24.0 Å². The molecule has 0 atom stereocenters. The Balaban J connectivity index is 0.00000289. The molecule has 0 bridgehead atoms. The van der Waals surface area contributed by atoms with Gasteiger partial charge in [-0.2, -0.15) is 0 Å². The van der Waals surface area contributed by atoms with E-state index in [0.717, 1.165) is 58.4 Å². The summed E-state index contributed by atoms with van der Waals surface area (Å²) in [5.41, 5.74) is 2.92. The number of guanidine groups is 1. The second kappa shape index (κ2) is 12.8. The molecule has 178 valence electrons. The summed E-state index contributed by atoms with van der Waals surface area (Å²) in [6.07, 6.45) is 11.1. The maximum Gasteiger partial charge on any atom is 0.191 e. The molecule has 32 heavy (non-hydrogen) atoms. The Morgan fingerprint density at radius 2 is 1.81 bits per heavy atom. The van der Waals surface area contributed by atoms with Gasteiger partial charge in [-0.05, 0) is 30.5 Å². The van der Waals surface area contributed by atoms with Crippen LogP contribution in [0.15, 0.2) is 41.4 Å². The van der Waals surface area contributed by atoms with Gasteiger partial charge in [-0.15, -0.1) is 24.0 Å². The van der Waals surface area contributed by atoms with Crippen LogP contribution in [0.3, 0.4) is 0 Å². The third kappa shape index (κ3) is 7.09. The van der Waals surface area contributed by atoms with Crippen molar-refractivity contribution in [3.05, 3.63) is 42.0 Å². The third-order valence-electron chi connectivity index (χ3n) is 6.99. The number of anilines is 1. The summed E-state index contributed by atoms with van der Waals surface area (Å²) in [6.45, 7) is 8.84. The standard InChI is InChI=1S/C25H39N5O.HI/c1-26-24(27-19-22-8-7-9-23(18-22)30-12-5-6-13-30)28-20-25(10-3-2-4-11-25)21-29-14-16-31-17-15-29;/h5-9,18H,2-4,10-17,19-21H2,1H3,(H2,26,27,28);1H. The SMILES string of the molecule is CN=C(NCc1cccc(N2CC=CC2)c1)NCC1(CN2CCOCC2)CCCCC1.I. The van der Waals surface area contributed by atoms with Crippen molar-refractivity contribution in [2.24, 2.45) is 10.4 Å². The Hall–Kier alpha value is -1.32. The van der Waals surface area contributed by atoms with Crippen LogP contribution in [-0.4, -0.2) is 70.4 Å². The van der Waals surface area contributed by atoms with Crippen molar-refractivity contribution in [3.63, 3.8) is 0 Å². The summed E-state index contributed by atoms with van der Waals surface area (Å²) in [7, 11) is 1.87. The van der Waals surface area contributed by atoms with Crippen LogP contribution in [0.4, 0.5) is 5.69 Å². The fourth-order valence-electron chi connectivity index (χ4n) is 5.16. The third-order valence-corrected chi connectivity index (χ3v) is 6.99. The summed E-state index contributed by atoms with van der Waals surface area (Å²) < 4.78 is 5.56. The number of nitrogens with zero attached hydrogens (tertiary/aromatic N) is 3. The first-order valence-corrected chi connectivity index (χ1v) is 12.0. The quantitative estimate of drug-likeness (QED) is 0.234. The number of morpholine rings is 1. The molecule has 1 aromatic carbocycles. The number of nitrogens with one attached hydrogen (secondary N) is 2. The lowest BCUT2D eigenvalue weighted by molar-refractivity contribution is 0.00820. The number of rotatable bonds is 7. The molecule has 6 nitrogen and oxygen atoms in total. The molecule has 2 N–H and O–H groups in total. The van der Waals surface area contributed by atoms with Gasteiger partial charge >= 0.3 is 0 Å². The lowest BCUT2D eigenvalue weighted by atomic mass is 9.73. The number of hydrogen-bond acceptors (Lipinski definition) is 4. The molecular formula is C25H40IN5O. The van der Waals surface area contributed by atoms with E-state index in [0.29, 0.717) is 5.41 Å². The van der Waals surface area contributed by atoms with Crippen LogP contribution < -0.4 is 15.5 Å². The highest BCUT2D eigenvalue weighted by molar-refractivity contribution is 14.0. The van der Waals surface area contributed by atoms with Gasteiger partial charge in [0, 0.05) is 64.0 Å². The van der Waals surface area contributed by atoms with E-state index in [4.69, 9.17) is 4.74 Å². The van der Waals surface area contributed by atoms with Gasteiger partial charge in [-0.3, -0.25) is 9.89 Å². The number of halogens is 1. The van der Waals surface area contributed by atoms with E-state index in [1.807, 2.05) is 7.05 Å². The Morgan fingerprint density at radius 1 is 1.06 bits per heavy atom. The van der Waals surface area contributed by atoms with Crippen LogP contribution in [0.25, 0.3) is 0 Å². The summed E-state index contributed by atoms with van der Waals surface area (Å²) in [6, 6.07) is 8.82. The molecule has 7 heteroatoms.